The molecule has 4 nitrogen and oxygen atoms in total. The maximum absolute atomic E-state index is 4.34. The lowest BCUT2D eigenvalue weighted by atomic mass is 9.91. The number of nitrogens with one attached hydrogen (secondary N) is 1. The Hall–Kier alpha value is -1.68. The van der Waals surface area contributed by atoms with Crippen molar-refractivity contribution in [3.63, 3.8) is 0 Å². The molecule has 0 aliphatic rings. The molecule has 1 aromatic heterocycles. The molecule has 0 saturated carbocycles. The molecule has 2 aromatic rings. The molecule has 0 amide bonds. The topological polar surface area (TPSA) is 42.7 Å². The van der Waals surface area contributed by atoms with Crippen LogP contribution in [0.5, 0.6) is 0 Å². The first kappa shape index (κ1) is 13.7. The van der Waals surface area contributed by atoms with Gasteiger partial charge in [-0.25, -0.2) is 4.98 Å². The van der Waals surface area contributed by atoms with Gasteiger partial charge >= 0.3 is 0 Å². The molecule has 1 unspecified atom stereocenters. The Kier molecular flexibility index (Phi) is 4.68. The summed E-state index contributed by atoms with van der Waals surface area (Å²) in [4.78, 5) is 4.34. The van der Waals surface area contributed by atoms with Crippen molar-refractivity contribution >= 4 is 0 Å². The fourth-order valence-electron chi connectivity index (χ4n) is 2.38. The summed E-state index contributed by atoms with van der Waals surface area (Å²) in [5.41, 5.74) is 2.74. The van der Waals surface area contributed by atoms with Gasteiger partial charge in [-0.15, -0.1) is 0 Å². The monoisotopic (exact) mass is 258 g/mol. The molecule has 1 aromatic carbocycles. The number of aromatic nitrogens is 3. The van der Waals surface area contributed by atoms with Crippen LogP contribution in [0.3, 0.4) is 0 Å². The Morgan fingerprint density at radius 2 is 2.11 bits per heavy atom. The van der Waals surface area contributed by atoms with Crippen LogP contribution < -0.4 is 5.32 Å². The van der Waals surface area contributed by atoms with E-state index in [1.165, 1.54) is 11.1 Å². The maximum Gasteiger partial charge on any atom is 0.138 e. The lowest BCUT2D eigenvalue weighted by molar-refractivity contribution is 0.562. The van der Waals surface area contributed by atoms with Gasteiger partial charge < -0.3 is 5.32 Å². The molecule has 0 spiro atoms. The van der Waals surface area contributed by atoms with Crippen molar-refractivity contribution in [3.8, 4) is 0 Å². The van der Waals surface area contributed by atoms with Gasteiger partial charge in [-0.2, -0.15) is 5.10 Å². The summed E-state index contributed by atoms with van der Waals surface area (Å²) in [5.74, 6) is 1.47. The molecule has 2 rings (SSSR count). The molecule has 4 heteroatoms. The predicted molar refractivity (Wildman–Crippen MR) is 77.2 cm³/mol. The predicted octanol–water partition coefficient (Wildman–Crippen LogP) is 2.06. The largest absolute Gasteiger partial charge is 0.316 e. The van der Waals surface area contributed by atoms with Gasteiger partial charge in [0, 0.05) is 25.9 Å². The summed E-state index contributed by atoms with van der Waals surface area (Å²) in [7, 11) is 1.95. The average molecular weight is 258 g/mol. The summed E-state index contributed by atoms with van der Waals surface area (Å²) in [5, 5.41) is 7.60. The summed E-state index contributed by atoms with van der Waals surface area (Å²) >= 11 is 0. The van der Waals surface area contributed by atoms with E-state index >= 15 is 0 Å². The van der Waals surface area contributed by atoms with E-state index in [4.69, 9.17) is 0 Å². The van der Waals surface area contributed by atoms with Gasteiger partial charge in [0.15, 0.2) is 0 Å². The maximum atomic E-state index is 4.34. The van der Waals surface area contributed by atoms with Crippen LogP contribution in [0, 0.1) is 6.92 Å². The third kappa shape index (κ3) is 3.41. The normalized spacial score (nSPS) is 12.6. The molecule has 102 valence electrons. The second-order valence-electron chi connectivity index (χ2n) is 4.87. The minimum absolute atomic E-state index is 0.434. The molecular weight excluding hydrogens is 236 g/mol. The Morgan fingerprint density at radius 3 is 2.74 bits per heavy atom. The highest BCUT2D eigenvalue weighted by atomic mass is 15.3. The zero-order valence-corrected chi connectivity index (χ0v) is 11.9. The van der Waals surface area contributed by atoms with Crippen molar-refractivity contribution in [2.24, 2.45) is 7.05 Å². The van der Waals surface area contributed by atoms with E-state index in [0.717, 1.165) is 25.3 Å². The Bertz CT molecular complexity index is 518. The number of benzene rings is 1. The van der Waals surface area contributed by atoms with Gasteiger partial charge in [0.2, 0.25) is 0 Å². The van der Waals surface area contributed by atoms with Gasteiger partial charge in [-0.1, -0.05) is 31.2 Å². The Morgan fingerprint density at radius 1 is 1.32 bits per heavy atom. The number of rotatable bonds is 6. The molecule has 1 atom stereocenters. The highest BCUT2D eigenvalue weighted by Crippen LogP contribution is 2.22. The standard InChI is InChI=1S/C15H22N4/c1-4-16-10-13(9-15-17-11-18-19(15)3)14-8-6-5-7-12(14)2/h5-8,11,13,16H,4,9-10H2,1-3H3. The van der Waals surface area contributed by atoms with Crippen LogP contribution in [0.2, 0.25) is 0 Å². The van der Waals surface area contributed by atoms with E-state index in [1.54, 1.807) is 6.33 Å². The van der Waals surface area contributed by atoms with E-state index in [0.29, 0.717) is 5.92 Å². The molecular formula is C15H22N4. The molecule has 0 fully saturated rings. The average Bonchev–Trinajstić information content (AvgIpc) is 2.81. The molecule has 0 bridgehead atoms. The van der Waals surface area contributed by atoms with Crippen molar-refractivity contribution in [3.05, 3.63) is 47.5 Å². The van der Waals surface area contributed by atoms with Gasteiger partial charge in [0.25, 0.3) is 0 Å². The van der Waals surface area contributed by atoms with Crippen molar-refractivity contribution in [1.82, 2.24) is 20.1 Å². The van der Waals surface area contributed by atoms with Gasteiger partial charge in [-0.3, -0.25) is 4.68 Å². The first-order valence-corrected chi connectivity index (χ1v) is 6.81. The Balaban J connectivity index is 2.21. The summed E-state index contributed by atoms with van der Waals surface area (Å²) in [6.07, 6.45) is 2.53. The first-order valence-electron chi connectivity index (χ1n) is 6.81. The van der Waals surface area contributed by atoms with E-state index in [1.807, 2.05) is 11.7 Å². The number of hydrogen-bond donors (Lipinski definition) is 1. The van der Waals surface area contributed by atoms with Crippen molar-refractivity contribution in [2.75, 3.05) is 13.1 Å². The number of hydrogen-bond acceptors (Lipinski definition) is 3. The minimum Gasteiger partial charge on any atom is -0.316 e. The summed E-state index contributed by atoms with van der Waals surface area (Å²) < 4.78 is 1.86. The zero-order valence-electron chi connectivity index (χ0n) is 11.9. The number of aryl methyl sites for hydroxylation is 2. The lowest BCUT2D eigenvalue weighted by Gasteiger charge is -2.19. The SMILES string of the molecule is CCNCC(Cc1ncnn1C)c1ccccc1C. The summed E-state index contributed by atoms with van der Waals surface area (Å²) in [6.45, 7) is 6.26. The van der Waals surface area contributed by atoms with Crippen LogP contribution in [0.15, 0.2) is 30.6 Å². The second kappa shape index (κ2) is 6.48. The molecule has 0 aliphatic heterocycles. The molecule has 1 N–H and O–H groups in total. The van der Waals surface area contributed by atoms with E-state index in [9.17, 15) is 0 Å². The smallest absolute Gasteiger partial charge is 0.138 e. The van der Waals surface area contributed by atoms with Gasteiger partial charge in [0.1, 0.15) is 12.2 Å². The molecule has 1 heterocycles. The highest BCUT2D eigenvalue weighted by molar-refractivity contribution is 5.30. The quantitative estimate of drug-likeness (QED) is 0.862. The van der Waals surface area contributed by atoms with Crippen LogP contribution in [0.25, 0.3) is 0 Å². The zero-order chi connectivity index (χ0) is 13.7. The van der Waals surface area contributed by atoms with Crippen LogP contribution in [-0.2, 0) is 13.5 Å². The fraction of sp³-hybridized carbons (Fsp3) is 0.467. The third-order valence-electron chi connectivity index (χ3n) is 3.50. The minimum atomic E-state index is 0.434. The fourth-order valence-corrected chi connectivity index (χ4v) is 2.38. The van der Waals surface area contributed by atoms with Crippen LogP contribution in [-0.4, -0.2) is 27.9 Å². The molecule has 19 heavy (non-hydrogen) atoms. The molecule has 0 saturated heterocycles. The Labute approximate surface area is 114 Å². The highest BCUT2D eigenvalue weighted by Gasteiger charge is 2.16. The van der Waals surface area contributed by atoms with Gasteiger partial charge in [0.05, 0.1) is 0 Å². The third-order valence-corrected chi connectivity index (χ3v) is 3.50. The number of likely N-dealkylation sites (N-methyl/N-ethyl adjacent to an activating group) is 1. The van der Waals surface area contributed by atoms with Crippen molar-refractivity contribution in [2.45, 2.75) is 26.2 Å². The summed E-state index contributed by atoms with van der Waals surface area (Å²) in [6, 6.07) is 8.59. The lowest BCUT2D eigenvalue weighted by Crippen LogP contribution is -2.24. The van der Waals surface area contributed by atoms with Gasteiger partial charge in [-0.05, 0) is 24.6 Å². The van der Waals surface area contributed by atoms with Crippen LogP contribution in [0.1, 0.15) is 29.8 Å². The number of nitrogens with zero attached hydrogens (tertiary/aromatic N) is 3. The van der Waals surface area contributed by atoms with Crippen molar-refractivity contribution < 1.29 is 0 Å². The molecule has 0 aliphatic carbocycles. The molecule has 0 radical (unpaired) electrons. The van der Waals surface area contributed by atoms with E-state index in [-0.39, 0.29) is 0 Å². The first-order chi connectivity index (χ1) is 9.22. The second-order valence-corrected chi connectivity index (χ2v) is 4.87. The van der Waals surface area contributed by atoms with Crippen molar-refractivity contribution in [1.29, 1.82) is 0 Å². The van der Waals surface area contributed by atoms with Crippen LogP contribution in [0.4, 0.5) is 0 Å². The van der Waals surface area contributed by atoms with Crippen LogP contribution >= 0.6 is 0 Å². The van der Waals surface area contributed by atoms with E-state index < -0.39 is 0 Å². The van der Waals surface area contributed by atoms with E-state index in [2.05, 4.69) is 53.5 Å².